The number of halogens is 1. The van der Waals surface area contributed by atoms with E-state index in [1.807, 2.05) is 6.07 Å². The van der Waals surface area contributed by atoms with E-state index in [1.165, 1.54) is 19.4 Å². The molecule has 1 aromatic rings. The quantitative estimate of drug-likeness (QED) is 0.476. The Morgan fingerprint density at radius 1 is 1.53 bits per heavy atom. The molecule has 1 aromatic heterocycles. The summed E-state index contributed by atoms with van der Waals surface area (Å²) in [6.07, 6.45) is 5.98. The van der Waals surface area contributed by atoms with Crippen molar-refractivity contribution in [2.75, 3.05) is 27.2 Å². The SMILES string of the molecule is CN=C(NCc1ccoc1)NCC1CCCN1C.I. The maximum atomic E-state index is 5.03. The summed E-state index contributed by atoms with van der Waals surface area (Å²) in [6.45, 7) is 2.88. The second-order valence-corrected chi connectivity index (χ2v) is 4.71. The molecule has 2 rings (SSSR count). The number of guanidine groups is 1. The van der Waals surface area contributed by atoms with Crippen LogP contribution in [0.3, 0.4) is 0 Å². The van der Waals surface area contributed by atoms with Crippen molar-refractivity contribution in [3.05, 3.63) is 24.2 Å². The van der Waals surface area contributed by atoms with E-state index < -0.39 is 0 Å². The van der Waals surface area contributed by atoms with Gasteiger partial charge in [0, 0.05) is 31.7 Å². The summed E-state index contributed by atoms with van der Waals surface area (Å²) >= 11 is 0. The standard InChI is InChI=1S/C13H22N4O.HI/c1-14-13(15-8-11-5-7-18-10-11)16-9-12-4-3-6-17(12)2;/h5,7,10,12H,3-4,6,8-9H2,1-2H3,(H2,14,15,16);1H. The van der Waals surface area contributed by atoms with Crippen molar-refractivity contribution in [3.63, 3.8) is 0 Å². The molecule has 0 aliphatic carbocycles. The van der Waals surface area contributed by atoms with Crippen LogP contribution in [0, 0.1) is 0 Å². The minimum Gasteiger partial charge on any atom is -0.472 e. The maximum Gasteiger partial charge on any atom is 0.191 e. The average Bonchev–Trinajstić information content (AvgIpc) is 3.01. The van der Waals surface area contributed by atoms with Crippen LogP contribution in [0.15, 0.2) is 28.0 Å². The van der Waals surface area contributed by atoms with Gasteiger partial charge in [-0.15, -0.1) is 24.0 Å². The Balaban J connectivity index is 0.00000180. The van der Waals surface area contributed by atoms with Crippen LogP contribution in [0.25, 0.3) is 0 Å². The lowest BCUT2D eigenvalue weighted by Crippen LogP contribution is -2.43. The summed E-state index contributed by atoms with van der Waals surface area (Å²) in [4.78, 5) is 6.62. The molecule has 6 heteroatoms. The Bertz CT molecular complexity index is 380. The molecule has 2 heterocycles. The topological polar surface area (TPSA) is 52.8 Å². The Morgan fingerprint density at radius 2 is 2.37 bits per heavy atom. The van der Waals surface area contributed by atoms with Crippen molar-refractivity contribution in [2.24, 2.45) is 4.99 Å². The highest BCUT2D eigenvalue weighted by Gasteiger charge is 2.20. The third kappa shape index (κ3) is 5.02. The Hall–Kier alpha value is -0.760. The molecule has 2 N–H and O–H groups in total. The molecular formula is C13H23IN4O. The van der Waals surface area contributed by atoms with Crippen molar-refractivity contribution in [3.8, 4) is 0 Å². The Morgan fingerprint density at radius 3 is 2.95 bits per heavy atom. The molecule has 19 heavy (non-hydrogen) atoms. The van der Waals surface area contributed by atoms with Crippen molar-refractivity contribution in [1.29, 1.82) is 0 Å². The van der Waals surface area contributed by atoms with Gasteiger partial charge in [-0.3, -0.25) is 4.99 Å². The molecule has 1 aliphatic heterocycles. The van der Waals surface area contributed by atoms with Gasteiger partial charge in [0.05, 0.1) is 12.5 Å². The summed E-state index contributed by atoms with van der Waals surface area (Å²) in [5.41, 5.74) is 1.12. The van der Waals surface area contributed by atoms with Crippen LogP contribution < -0.4 is 10.6 Å². The van der Waals surface area contributed by atoms with E-state index in [1.54, 1.807) is 19.6 Å². The monoisotopic (exact) mass is 378 g/mol. The molecule has 0 radical (unpaired) electrons. The molecule has 0 saturated carbocycles. The molecule has 108 valence electrons. The van der Waals surface area contributed by atoms with Crippen molar-refractivity contribution in [2.45, 2.75) is 25.4 Å². The number of nitrogens with one attached hydrogen (secondary N) is 2. The summed E-state index contributed by atoms with van der Waals surface area (Å²) in [5, 5.41) is 6.64. The van der Waals surface area contributed by atoms with Crippen LogP contribution in [0.4, 0.5) is 0 Å². The summed E-state index contributed by atoms with van der Waals surface area (Å²) in [5.74, 6) is 0.844. The number of furan rings is 1. The molecule has 0 spiro atoms. The van der Waals surface area contributed by atoms with Gasteiger partial charge < -0.3 is 20.0 Å². The molecule has 5 nitrogen and oxygen atoms in total. The Labute approximate surface area is 131 Å². The number of rotatable bonds is 4. The molecule has 1 unspecified atom stereocenters. The van der Waals surface area contributed by atoms with E-state index in [4.69, 9.17) is 4.42 Å². The van der Waals surface area contributed by atoms with Crippen LogP contribution in [0.1, 0.15) is 18.4 Å². The second-order valence-electron chi connectivity index (χ2n) is 4.71. The third-order valence-corrected chi connectivity index (χ3v) is 3.44. The zero-order valence-electron chi connectivity index (χ0n) is 11.6. The van der Waals surface area contributed by atoms with E-state index >= 15 is 0 Å². The van der Waals surface area contributed by atoms with Gasteiger partial charge in [0.15, 0.2) is 5.96 Å². The molecule has 1 fully saturated rings. The highest BCUT2D eigenvalue weighted by molar-refractivity contribution is 14.0. The first-order valence-corrected chi connectivity index (χ1v) is 6.45. The van der Waals surface area contributed by atoms with Crippen LogP contribution in [0.5, 0.6) is 0 Å². The maximum absolute atomic E-state index is 5.03. The van der Waals surface area contributed by atoms with Crippen LogP contribution in [0.2, 0.25) is 0 Å². The van der Waals surface area contributed by atoms with Gasteiger partial charge in [-0.2, -0.15) is 0 Å². The zero-order chi connectivity index (χ0) is 12.8. The fourth-order valence-corrected chi connectivity index (χ4v) is 2.25. The summed E-state index contributed by atoms with van der Waals surface area (Å²) in [7, 11) is 3.98. The van der Waals surface area contributed by atoms with Crippen LogP contribution in [-0.2, 0) is 6.54 Å². The number of likely N-dealkylation sites (tertiary alicyclic amines) is 1. The van der Waals surface area contributed by atoms with Crippen molar-refractivity contribution >= 4 is 29.9 Å². The lowest BCUT2D eigenvalue weighted by molar-refractivity contribution is 0.309. The molecule has 0 amide bonds. The van der Waals surface area contributed by atoms with Gasteiger partial charge in [0.2, 0.25) is 0 Å². The van der Waals surface area contributed by atoms with Gasteiger partial charge in [0.1, 0.15) is 0 Å². The zero-order valence-corrected chi connectivity index (χ0v) is 13.9. The van der Waals surface area contributed by atoms with Crippen LogP contribution in [-0.4, -0.2) is 44.1 Å². The van der Waals surface area contributed by atoms with Gasteiger partial charge in [-0.1, -0.05) is 0 Å². The third-order valence-electron chi connectivity index (χ3n) is 3.44. The smallest absolute Gasteiger partial charge is 0.191 e. The summed E-state index contributed by atoms with van der Waals surface area (Å²) in [6, 6.07) is 2.57. The molecule has 1 atom stereocenters. The molecule has 1 saturated heterocycles. The first-order chi connectivity index (χ1) is 8.79. The van der Waals surface area contributed by atoms with Crippen molar-refractivity contribution in [1.82, 2.24) is 15.5 Å². The minimum absolute atomic E-state index is 0. The van der Waals surface area contributed by atoms with Gasteiger partial charge in [-0.25, -0.2) is 0 Å². The largest absolute Gasteiger partial charge is 0.472 e. The van der Waals surface area contributed by atoms with Gasteiger partial charge in [-0.05, 0) is 32.5 Å². The number of likely N-dealkylation sites (N-methyl/N-ethyl adjacent to an activating group) is 1. The number of nitrogens with zero attached hydrogens (tertiary/aromatic N) is 2. The number of hydrogen-bond acceptors (Lipinski definition) is 3. The van der Waals surface area contributed by atoms with E-state index in [0.29, 0.717) is 6.04 Å². The highest BCUT2D eigenvalue weighted by atomic mass is 127. The Kier molecular flexibility index (Phi) is 7.22. The fourth-order valence-electron chi connectivity index (χ4n) is 2.25. The molecule has 0 aromatic carbocycles. The summed E-state index contributed by atoms with van der Waals surface area (Å²) < 4.78 is 5.03. The molecule has 0 bridgehead atoms. The first kappa shape index (κ1) is 16.3. The predicted octanol–water partition coefficient (Wildman–Crippen LogP) is 1.66. The highest BCUT2D eigenvalue weighted by Crippen LogP contribution is 2.13. The normalized spacial score (nSPS) is 20.1. The van der Waals surface area contributed by atoms with Gasteiger partial charge >= 0.3 is 0 Å². The van der Waals surface area contributed by atoms with E-state index in [0.717, 1.165) is 24.6 Å². The lowest BCUT2D eigenvalue weighted by atomic mass is 10.2. The number of hydrogen-bond donors (Lipinski definition) is 2. The van der Waals surface area contributed by atoms with Crippen LogP contribution >= 0.6 is 24.0 Å². The predicted molar refractivity (Wildman–Crippen MR) is 88.0 cm³/mol. The van der Waals surface area contributed by atoms with Gasteiger partial charge in [0.25, 0.3) is 0 Å². The fraction of sp³-hybridized carbons (Fsp3) is 0.615. The van der Waals surface area contributed by atoms with E-state index in [-0.39, 0.29) is 24.0 Å². The first-order valence-electron chi connectivity index (χ1n) is 6.45. The number of aliphatic imine (C=N–C) groups is 1. The van der Waals surface area contributed by atoms with E-state index in [2.05, 4.69) is 27.6 Å². The second kappa shape index (κ2) is 8.42. The van der Waals surface area contributed by atoms with Crippen molar-refractivity contribution < 1.29 is 4.42 Å². The lowest BCUT2D eigenvalue weighted by Gasteiger charge is -2.21. The molecule has 1 aliphatic rings. The molecular weight excluding hydrogens is 355 g/mol. The average molecular weight is 378 g/mol. The minimum atomic E-state index is 0. The van der Waals surface area contributed by atoms with E-state index in [9.17, 15) is 0 Å².